The molecule has 2 aromatic rings. The molecule has 0 aliphatic rings. The van der Waals surface area contributed by atoms with Crippen LogP contribution in [0.25, 0.3) is 0 Å². The van der Waals surface area contributed by atoms with E-state index in [1.807, 2.05) is 6.07 Å². The number of aromatic nitrogens is 2. The number of carboxylic acid groups (broad SMARTS) is 1. The second kappa shape index (κ2) is 6.32. The maximum Gasteiger partial charge on any atom is 0.342 e. The molecule has 1 aromatic carbocycles. The van der Waals surface area contributed by atoms with Crippen LogP contribution in [0.1, 0.15) is 15.9 Å². The Balaban J connectivity index is 2.44. The van der Waals surface area contributed by atoms with E-state index >= 15 is 0 Å². The molecule has 1 heterocycles. The van der Waals surface area contributed by atoms with Crippen molar-refractivity contribution in [1.29, 1.82) is 0 Å². The molecule has 22 heavy (non-hydrogen) atoms. The molecule has 0 aliphatic carbocycles. The zero-order chi connectivity index (χ0) is 16.3. The highest BCUT2D eigenvalue weighted by Gasteiger charge is 2.18. The van der Waals surface area contributed by atoms with Gasteiger partial charge in [0.25, 0.3) is 0 Å². The molecule has 0 bridgehead atoms. The first kappa shape index (κ1) is 16.2. The fourth-order valence-corrected chi connectivity index (χ4v) is 3.07. The second-order valence-electron chi connectivity index (χ2n) is 4.33. The van der Waals surface area contributed by atoms with Gasteiger partial charge < -0.3 is 9.84 Å². The Kier molecular flexibility index (Phi) is 4.67. The molecule has 0 saturated carbocycles. The van der Waals surface area contributed by atoms with Crippen LogP contribution in [0.5, 0.6) is 11.6 Å². The summed E-state index contributed by atoms with van der Waals surface area (Å²) in [5, 5.41) is 9.05. The van der Waals surface area contributed by atoms with Gasteiger partial charge in [0.2, 0.25) is 19.9 Å². The number of ether oxygens (including phenoxy) is 1. The molecule has 1 N–H and O–H groups in total. The largest absolute Gasteiger partial charge is 0.477 e. The van der Waals surface area contributed by atoms with Gasteiger partial charge in [0.05, 0.1) is 0 Å². The van der Waals surface area contributed by atoms with Crippen LogP contribution in [0.15, 0.2) is 35.6 Å². The molecule has 0 spiro atoms. The van der Waals surface area contributed by atoms with E-state index < -0.39 is 14.8 Å². The summed E-state index contributed by atoms with van der Waals surface area (Å²) >= 11 is 0. The summed E-state index contributed by atoms with van der Waals surface area (Å²) in [7, 11) is -2.99. The lowest BCUT2D eigenvalue weighted by atomic mass is 10.2. The van der Waals surface area contributed by atoms with Gasteiger partial charge in [-0.05, 0) is 18.6 Å². The average molecular weight is 340 g/mol. The van der Waals surface area contributed by atoms with Crippen molar-refractivity contribution >= 4 is 25.6 Å². The number of nitrogens with zero attached hydrogens (tertiary/aromatic N) is 2. The molecular weight excluding hydrogens is 328 g/mol. The Morgan fingerprint density at radius 1 is 1.32 bits per heavy atom. The standard InChI is InChI=1S/C13H12N2O5S2/c1-8-5-3-4-6-10(8)20-11-9(12(16)17)7-14-13(15-11)21-22(2,18)19/h3-7H,1-2H3,(H,16,17). The van der Waals surface area contributed by atoms with Crippen molar-refractivity contribution in [2.75, 3.05) is 6.26 Å². The molecule has 0 fully saturated rings. The molecule has 116 valence electrons. The Labute approximate surface area is 130 Å². The number of aryl methyl sites for hydroxylation is 1. The summed E-state index contributed by atoms with van der Waals surface area (Å²) < 4.78 is 28.1. The molecule has 0 atom stereocenters. The zero-order valence-corrected chi connectivity index (χ0v) is 13.3. The lowest BCUT2D eigenvalue weighted by Crippen LogP contribution is -2.05. The number of carbonyl (C=O) groups is 1. The number of rotatable bonds is 5. The van der Waals surface area contributed by atoms with Crippen LogP contribution in [0.2, 0.25) is 0 Å². The summed E-state index contributed by atoms with van der Waals surface area (Å²) in [6, 6.07) is 7.00. The number of para-hydroxylation sites is 1. The molecule has 0 saturated heterocycles. The van der Waals surface area contributed by atoms with Gasteiger partial charge in [0.1, 0.15) is 11.3 Å². The van der Waals surface area contributed by atoms with Crippen LogP contribution in [0.3, 0.4) is 0 Å². The predicted molar refractivity (Wildman–Crippen MR) is 80.9 cm³/mol. The number of benzene rings is 1. The van der Waals surface area contributed by atoms with Gasteiger partial charge in [-0.2, -0.15) is 4.98 Å². The first-order valence-electron chi connectivity index (χ1n) is 5.99. The predicted octanol–water partition coefficient (Wildman–Crippen LogP) is 2.33. The van der Waals surface area contributed by atoms with E-state index in [-0.39, 0.29) is 16.6 Å². The number of carboxylic acids is 1. The van der Waals surface area contributed by atoms with Gasteiger partial charge in [0.15, 0.2) is 0 Å². The molecule has 0 aliphatic heterocycles. The third kappa shape index (κ3) is 4.18. The van der Waals surface area contributed by atoms with Gasteiger partial charge in [-0.3, -0.25) is 0 Å². The first-order chi connectivity index (χ1) is 10.3. The van der Waals surface area contributed by atoms with E-state index in [9.17, 15) is 13.2 Å². The molecular formula is C13H12N2O5S2. The van der Waals surface area contributed by atoms with Crippen LogP contribution < -0.4 is 4.74 Å². The van der Waals surface area contributed by atoms with E-state index in [0.29, 0.717) is 16.5 Å². The van der Waals surface area contributed by atoms with Gasteiger partial charge in [0, 0.05) is 23.2 Å². The highest BCUT2D eigenvalue weighted by atomic mass is 33.1. The van der Waals surface area contributed by atoms with Gasteiger partial charge in [-0.1, -0.05) is 18.2 Å². The average Bonchev–Trinajstić information content (AvgIpc) is 2.39. The van der Waals surface area contributed by atoms with Crippen LogP contribution in [0, 0.1) is 6.92 Å². The third-order valence-electron chi connectivity index (χ3n) is 2.49. The summed E-state index contributed by atoms with van der Waals surface area (Å²) in [6.45, 7) is 1.79. The van der Waals surface area contributed by atoms with Crippen molar-refractivity contribution < 1.29 is 23.1 Å². The van der Waals surface area contributed by atoms with Crippen LogP contribution >= 0.6 is 10.8 Å². The fourth-order valence-electron chi connectivity index (χ4n) is 1.53. The van der Waals surface area contributed by atoms with E-state index in [4.69, 9.17) is 9.84 Å². The fraction of sp³-hybridized carbons (Fsp3) is 0.154. The highest BCUT2D eigenvalue weighted by Crippen LogP contribution is 2.28. The molecule has 7 nitrogen and oxygen atoms in total. The Morgan fingerprint density at radius 2 is 2.00 bits per heavy atom. The monoisotopic (exact) mass is 340 g/mol. The van der Waals surface area contributed by atoms with E-state index in [1.54, 1.807) is 25.1 Å². The molecule has 2 rings (SSSR count). The second-order valence-corrected chi connectivity index (χ2v) is 8.59. The van der Waals surface area contributed by atoms with Crippen molar-refractivity contribution in [3.63, 3.8) is 0 Å². The Hall–Kier alpha value is -2.13. The van der Waals surface area contributed by atoms with Crippen molar-refractivity contribution in [3.05, 3.63) is 41.6 Å². The quantitative estimate of drug-likeness (QED) is 0.653. The minimum atomic E-state index is -3.42. The van der Waals surface area contributed by atoms with Gasteiger partial charge >= 0.3 is 5.97 Å². The summed E-state index contributed by atoms with van der Waals surface area (Å²) in [6.07, 6.45) is 2.03. The van der Waals surface area contributed by atoms with Crippen LogP contribution in [0.4, 0.5) is 0 Å². The molecule has 0 radical (unpaired) electrons. The van der Waals surface area contributed by atoms with Crippen molar-refractivity contribution in [2.24, 2.45) is 0 Å². The van der Waals surface area contributed by atoms with Gasteiger partial charge in [-0.15, -0.1) is 0 Å². The van der Waals surface area contributed by atoms with Crippen molar-refractivity contribution in [2.45, 2.75) is 12.1 Å². The van der Waals surface area contributed by atoms with E-state index in [0.717, 1.165) is 18.0 Å². The maximum atomic E-state index is 11.3. The van der Waals surface area contributed by atoms with Crippen molar-refractivity contribution in [1.82, 2.24) is 9.97 Å². The normalized spacial score (nSPS) is 11.2. The summed E-state index contributed by atoms with van der Waals surface area (Å²) in [4.78, 5) is 18.8. The Bertz CT molecular complexity index is 821. The number of hydrogen-bond acceptors (Lipinski definition) is 7. The highest BCUT2D eigenvalue weighted by molar-refractivity contribution is 8.71. The summed E-state index contributed by atoms with van der Waals surface area (Å²) in [5.74, 6) is -1.04. The maximum absolute atomic E-state index is 11.3. The summed E-state index contributed by atoms with van der Waals surface area (Å²) in [5.41, 5.74) is 0.538. The molecule has 1 aromatic heterocycles. The lowest BCUT2D eigenvalue weighted by Gasteiger charge is -2.10. The molecule has 0 amide bonds. The first-order valence-corrected chi connectivity index (χ1v) is 9.22. The van der Waals surface area contributed by atoms with E-state index in [2.05, 4.69) is 9.97 Å². The van der Waals surface area contributed by atoms with Gasteiger partial charge in [-0.25, -0.2) is 18.2 Å². The van der Waals surface area contributed by atoms with Crippen molar-refractivity contribution in [3.8, 4) is 11.6 Å². The minimum Gasteiger partial charge on any atom is -0.477 e. The minimum absolute atomic E-state index is 0.101. The Morgan fingerprint density at radius 3 is 2.59 bits per heavy atom. The smallest absolute Gasteiger partial charge is 0.342 e. The molecule has 0 unspecified atom stereocenters. The van der Waals surface area contributed by atoms with Crippen LogP contribution in [-0.4, -0.2) is 35.7 Å². The van der Waals surface area contributed by atoms with E-state index in [1.165, 1.54) is 0 Å². The zero-order valence-electron chi connectivity index (χ0n) is 11.7. The number of aromatic carboxylic acids is 1. The lowest BCUT2D eigenvalue weighted by molar-refractivity contribution is 0.0692. The van der Waals surface area contributed by atoms with Crippen LogP contribution in [-0.2, 0) is 8.87 Å². The molecule has 9 heteroatoms. The third-order valence-corrected chi connectivity index (χ3v) is 4.49. The topological polar surface area (TPSA) is 106 Å². The SMILES string of the molecule is Cc1ccccc1Oc1nc(SS(C)(=O)=O)ncc1C(=O)O. The number of hydrogen-bond donors (Lipinski definition) is 1.